The summed E-state index contributed by atoms with van der Waals surface area (Å²) in [5.74, 6) is -0.655. The van der Waals surface area contributed by atoms with Gasteiger partial charge in [0.25, 0.3) is 5.91 Å². The second-order valence-corrected chi connectivity index (χ2v) is 6.87. The summed E-state index contributed by atoms with van der Waals surface area (Å²) < 4.78 is 0. The quantitative estimate of drug-likeness (QED) is 0.688. The number of piperazine rings is 1. The zero-order valence-electron chi connectivity index (χ0n) is 15.8. The van der Waals surface area contributed by atoms with Crippen LogP contribution in [0.25, 0.3) is 5.57 Å². The fourth-order valence-corrected chi connectivity index (χ4v) is 3.47. The van der Waals surface area contributed by atoms with Gasteiger partial charge in [0.2, 0.25) is 5.95 Å². The molecule has 1 unspecified atom stereocenters. The van der Waals surface area contributed by atoms with Crippen LogP contribution in [-0.2, 0) is 9.59 Å². The lowest BCUT2D eigenvalue weighted by Gasteiger charge is -2.29. The minimum absolute atomic E-state index is 0.229. The Bertz CT molecular complexity index is 1040. The van der Waals surface area contributed by atoms with Crippen molar-refractivity contribution < 1.29 is 9.59 Å². The smallest absolute Gasteiger partial charge is 0.262 e. The molecular weight excluding hydrogens is 358 g/mol. The van der Waals surface area contributed by atoms with E-state index in [1.54, 1.807) is 13.1 Å². The maximum absolute atomic E-state index is 12.2. The lowest BCUT2D eigenvalue weighted by Crippen LogP contribution is -2.43. The van der Waals surface area contributed by atoms with Crippen molar-refractivity contribution in [1.82, 2.24) is 20.3 Å². The molecule has 1 fully saturated rings. The number of ketones is 1. The van der Waals surface area contributed by atoms with E-state index in [2.05, 4.69) is 35.5 Å². The molecule has 4 rings (SSSR count). The Morgan fingerprint density at radius 3 is 2.68 bits per heavy atom. The van der Waals surface area contributed by atoms with Crippen molar-refractivity contribution in [3.05, 3.63) is 35.2 Å². The van der Waals surface area contributed by atoms with E-state index < -0.39 is 11.8 Å². The normalized spacial score (nSPS) is 19.1. The van der Waals surface area contributed by atoms with E-state index in [0.29, 0.717) is 22.6 Å². The second kappa shape index (κ2) is 7.43. The predicted molar refractivity (Wildman–Crippen MR) is 104 cm³/mol. The Kier molecular flexibility index (Phi) is 4.82. The molecule has 0 aromatic carbocycles. The zero-order valence-corrected chi connectivity index (χ0v) is 15.8. The molecule has 2 aliphatic rings. The number of rotatable bonds is 4. The van der Waals surface area contributed by atoms with Gasteiger partial charge in [0.1, 0.15) is 17.5 Å². The lowest BCUT2D eigenvalue weighted by molar-refractivity contribution is -0.128. The highest BCUT2D eigenvalue weighted by Gasteiger charge is 2.28. The number of Topliss-reactive ketones (excluding diaryl/α,β-unsaturated/α-hetero) is 1. The molecule has 144 valence electrons. The number of hydrogen-bond acceptors (Lipinski definition) is 8. The molecule has 0 bridgehead atoms. The van der Waals surface area contributed by atoms with Gasteiger partial charge in [-0.2, -0.15) is 9.98 Å². The van der Waals surface area contributed by atoms with Crippen molar-refractivity contribution in [3.63, 3.8) is 0 Å². The topological polar surface area (TPSA) is 112 Å². The van der Waals surface area contributed by atoms with E-state index in [9.17, 15) is 9.59 Å². The molecule has 2 N–H and O–H groups in total. The third kappa shape index (κ3) is 3.48. The summed E-state index contributed by atoms with van der Waals surface area (Å²) in [6.45, 7) is 6.96. The highest BCUT2D eigenvalue weighted by atomic mass is 16.2. The molecule has 4 heterocycles. The first-order chi connectivity index (χ1) is 13.5. The Hall–Kier alpha value is -3.20. The summed E-state index contributed by atoms with van der Waals surface area (Å²) in [7, 11) is 0. The first-order valence-electron chi connectivity index (χ1n) is 9.18. The highest BCUT2D eigenvalue weighted by molar-refractivity contribution is 6.08. The third-order valence-corrected chi connectivity index (χ3v) is 4.97. The van der Waals surface area contributed by atoms with Crippen LogP contribution in [0.1, 0.15) is 13.8 Å². The van der Waals surface area contributed by atoms with E-state index >= 15 is 0 Å². The number of hydrogen-bond donors (Lipinski definition) is 2. The first kappa shape index (κ1) is 18.2. The van der Waals surface area contributed by atoms with Gasteiger partial charge in [-0.25, -0.2) is 9.97 Å². The monoisotopic (exact) mass is 379 g/mol. The predicted octanol–water partition coefficient (Wildman–Crippen LogP) is -0.440. The Labute approximate surface area is 161 Å². The largest absolute Gasteiger partial charge is 0.368 e. The molecule has 0 aliphatic carbocycles. The van der Waals surface area contributed by atoms with Crippen LogP contribution in [0, 0.1) is 5.92 Å². The van der Waals surface area contributed by atoms with Crippen molar-refractivity contribution in [1.29, 1.82) is 0 Å². The molecule has 2 aromatic heterocycles. The van der Waals surface area contributed by atoms with Crippen molar-refractivity contribution >= 4 is 34.7 Å². The minimum atomic E-state index is -0.839. The fraction of sp³-hybridized carbons (Fsp3) is 0.368. The van der Waals surface area contributed by atoms with Crippen LogP contribution >= 0.6 is 0 Å². The number of nitrogens with one attached hydrogen (secondary N) is 2. The summed E-state index contributed by atoms with van der Waals surface area (Å²) in [6.07, 6.45) is 3.40. The van der Waals surface area contributed by atoms with Gasteiger partial charge in [0.15, 0.2) is 5.49 Å². The number of carbonyl (C=O) groups excluding carboxylic acids is 2. The average molecular weight is 379 g/mol. The zero-order chi connectivity index (χ0) is 19.7. The summed E-state index contributed by atoms with van der Waals surface area (Å²) in [6, 6.07) is 3.87. The molecule has 1 saturated heterocycles. The number of nitrogens with zero attached hydrogens (tertiary/aromatic N) is 5. The number of pyridine rings is 1. The van der Waals surface area contributed by atoms with Crippen LogP contribution < -0.4 is 26.2 Å². The molecular formula is C19H21N7O2. The van der Waals surface area contributed by atoms with E-state index in [1.807, 2.05) is 18.3 Å². The van der Waals surface area contributed by atoms with Crippen LogP contribution in [-0.4, -0.2) is 52.8 Å². The second-order valence-electron chi connectivity index (χ2n) is 6.87. The van der Waals surface area contributed by atoms with Gasteiger partial charge in [0, 0.05) is 37.6 Å². The Balaban J connectivity index is 1.57. The van der Waals surface area contributed by atoms with Gasteiger partial charge in [-0.3, -0.25) is 9.59 Å². The van der Waals surface area contributed by atoms with Crippen LogP contribution in [0.5, 0.6) is 0 Å². The first-order valence-corrected chi connectivity index (χ1v) is 9.18. The van der Waals surface area contributed by atoms with Gasteiger partial charge in [0.05, 0.1) is 11.9 Å². The van der Waals surface area contributed by atoms with E-state index in [0.717, 1.165) is 31.9 Å². The molecule has 28 heavy (non-hydrogen) atoms. The van der Waals surface area contributed by atoms with Gasteiger partial charge >= 0.3 is 0 Å². The number of anilines is 3. The van der Waals surface area contributed by atoms with E-state index in [4.69, 9.17) is 0 Å². The van der Waals surface area contributed by atoms with Gasteiger partial charge in [-0.15, -0.1) is 0 Å². The fourth-order valence-electron chi connectivity index (χ4n) is 3.47. The molecule has 2 aliphatic heterocycles. The summed E-state index contributed by atoms with van der Waals surface area (Å²) in [4.78, 5) is 43.1. The molecule has 1 atom stereocenters. The van der Waals surface area contributed by atoms with E-state index in [1.165, 1.54) is 6.92 Å². The van der Waals surface area contributed by atoms with Crippen LogP contribution in [0.4, 0.5) is 17.5 Å². The van der Waals surface area contributed by atoms with Gasteiger partial charge in [-0.1, -0.05) is 0 Å². The maximum Gasteiger partial charge on any atom is 0.262 e. The lowest BCUT2D eigenvalue weighted by atomic mass is 9.93. The number of amides is 1. The Morgan fingerprint density at radius 1 is 1.21 bits per heavy atom. The van der Waals surface area contributed by atoms with E-state index in [-0.39, 0.29) is 11.3 Å². The van der Waals surface area contributed by atoms with Crippen LogP contribution in [0.2, 0.25) is 0 Å². The van der Waals surface area contributed by atoms with Gasteiger partial charge in [-0.05, 0) is 31.6 Å². The van der Waals surface area contributed by atoms with Crippen molar-refractivity contribution in [3.8, 4) is 0 Å². The standard InChI is InChI=1S/C19H21N7O2/c1-11-14-10-22-19(25-17(14)24-18(28)16(11)12(2)27)23-15-4-3-13(9-21-15)26-7-5-20-6-8-26/h3-4,9-10,16,20H,5-8H2,1-2H3,(H,21,23,24,25,28). The molecule has 9 heteroatoms. The molecule has 9 nitrogen and oxygen atoms in total. The molecule has 2 aromatic rings. The molecule has 0 spiro atoms. The van der Waals surface area contributed by atoms with Crippen molar-refractivity contribution in [2.45, 2.75) is 13.8 Å². The van der Waals surface area contributed by atoms with Crippen molar-refractivity contribution in [2.75, 3.05) is 36.4 Å². The number of fused-ring (bicyclic) bond motifs is 1. The van der Waals surface area contributed by atoms with Crippen LogP contribution in [0.3, 0.4) is 0 Å². The highest BCUT2D eigenvalue weighted by Crippen LogP contribution is 2.17. The van der Waals surface area contributed by atoms with Crippen LogP contribution in [0.15, 0.2) is 29.5 Å². The molecule has 0 radical (unpaired) electrons. The average Bonchev–Trinajstić information content (AvgIpc) is 2.69. The summed E-state index contributed by atoms with van der Waals surface area (Å²) >= 11 is 0. The number of carbonyl (C=O) groups is 2. The Morgan fingerprint density at radius 2 is 2.00 bits per heavy atom. The maximum atomic E-state index is 12.2. The summed E-state index contributed by atoms with van der Waals surface area (Å²) in [5.41, 5.74) is 1.97. The SMILES string of the molecule is CC(=O)C1C(=O)N=c2nc(Nc3ccc(N4CCNCC4)cn3)ncc2=C1C. The number of aromatic nitrogens is 3. The van der Waals surface area contributed by atoms with Gasteiger partial charge < -0.3 is 15.5 Å². The molecule has 0 saturated carbocycles. The third-order valence-electron chi connectivity index (χ3n) is 4.97. The molecule has 1 amide bonds. The van der Waals surface area contributed by atoms with Crippen molar-refractivity contribution in [2.24, 2.45) is 10.9 Å². The minimum Gasteiger partial charge on any atom is -0.368 e. The summed E-state index contributed by atoms with van der Waals surface area (Å²) in [5, 5.41) is 6.98.